The van der Waals surface area contributed by atoms with E-state index in [2.05, 4.69) is 5.32 Å². The highest BCUT2D eigenvalue weighted by molar-refractivity contribution is 8.26. The van der Waals surface area contributed by atoms with Gasteiger partial charge in [0.05, 0.1) is 17.0 Å². The molecule has 4 rings (SSSR count). The van der Waals surface area contributed by atoms with Crippen molar-refractivity contribution in [2.75, 3.05) is 19.9 Å². The SMILES string of the molecule is O=C1NC(Cc2ccc(OCCN3COc4ccc([N+](=O)[O-])cc4C3=O)cc2)C(=O)S1. The Kier molecular flexibility index (Phi) is 5.76. The van der Waals surface area contributed by atoms with Crippen molar-refractivity contribution in [3.05, 3.63) is 63.7 Å². The number of rotatable bonds is 7. The number of benzene rings is 2. The lowest BCUT2D eigenvalue weighted by Gasteiger charge is -2.28. The first kappa shape index (κ1) is 20.7. The molecule has 2 aromatic rings. The van der Waals surface area contributed by atoms with E-state index in [0.717, 1.165) is 5.56 Å². The van der Waals surface area contributed by atoms with Crippen LogP contribution in [-0.2, 0) is 11.2 Å². The van der Waals surface area contributed by atoms with Crippen molar-refractivity contribution in [1.29, 1.82) is 0 Å². The summed E-state index contributed by atoms with van der Waals surface area (Å²) in [5.41, 5.74) is 0.856. The number of hydrogen-bond acceptors (Lipinski definition) is 8. The van der Waals surface area contributed by atoms with Gasteiger partial charge in [0.25, 0.3) is 16.8 Å². The average Bonchev–Trinajstić information content (AvgIpc) is 3.07. The molecule has 11 heteroatoms. The zero-order valence-corrected chi connectivity index (χ0v) is 16.9. The maximum atomic E-state index is 12.6. The lowest BCUT2D eigenvalue weighted by molar-refractivity contribution is -0.384. The van der Waals surface area contributed by atoms with E-state index in [9.17, 15) is 24.5 Å². The second kappa shape index (κ2) is 8.64. The van der Waals surface area contributed by atoms with Crippen LogP contribution < -0.4 is 14.8 Å². The molecule has 10 nitrogen and oxygen atoms in total. The molecule has 2 aliphatic heterocycles. The molecule has 2 amide bonds. The van der Waals surface area contributed by atoms with Crippen LogP contribution in [0.15, 0.2) is 42.5 Å². The highest BCUT2D eigenvalue weighted by Gasteiger charge is 2.31. The number of fused-ring (bicyclic) bond motifs is 1. The second-order valence-electron chi connectivity index (χ2n) is 6.88. The van der Waals surface area contributed by atoms with E-state index >= 15 is 0 Å². The van der Waals surface area contributed by atoms with Gasteiger partial charge < -0.3 is 19.7 Å². The van der Waals surface area contributed by atoms with Crippen LogP contribution >= 0.6 is 11.8 Å². The lowest BCUT2D eigenvalue weighted by Crippen LogP contribution is -2.41. The molecule has 31 heavy (non-hydrogen) atoms. The molecule has 1 fully saturated rings. The van der Waals surface area contributed by atoms with Crippen molar-refractivity contribution in [2.24, 2.45) is 0 Å². The van der Waals surface area contributed by atoms with E-state index in [1.54, 1.807) is 12.1 Å². The number of nitrogens with one attached hydrogen (secondary N) is 1. The second-order valence-corrected chi connectivity index (χ2v) is 7.86. The van der Waals surface area contributed by atoms with E-state index in [4.69, 9.17) is 9.47 Å². The van der Waals surface area contributed by atoms with Crippen LogP contribution in [-0.4, -0.2) is 52.0 Å². The van der Waals surface area contributed by atoms with Crippen molar-refractivity contribution >= 4 is 33.7 Å². The van der Waals surface area contributed by atoms with Gasteiger partial charge in [-0.05, 0) is 23.8 Å². The molecule has 1 unspecified atom stereocenters. The normalized spacial score (nSPS) is 17.7. The Bertz CT molecular complexity index is 1060. The summed E-state index contributed by atoms with van der Waals surface area (Å²) in [7, 11) is 0. The third-order valence-electron chi connectivity index (χ3n) is 4.83. The number of non-ortho nitro benzene ring substituents is 1. The van der Waals surface area contributed by atoms with E-state index in [0.29, 0.717) is 29.7 Å². The molecule has 160 valence electrons. The van der Waals surface area contributed by atoms with E-state index < -0.39 is 11.0 Å². The topological polar surface area (TPSA) is 128 Å². The first-order chi connectivity index (χ1) is 14.9. The molecule has 0 aliphatic carbocycles. The first-order valence-electron chi connectivity index (χ1n) is 9.35. The maximum Gasteiger partial charge on any atom is 0.287 e. The molecule has 0 saturated carbocycles. The van der Waals surface area contributed by atoms with Crippen molar-refractivity contribution in [3.63, 3.8) is 0 Å². The largest absolute Gasteiger partial charge is 0.492 e. The number of amides is 2. The van der Waals surface area contributed by atoms with Crippen LogP contribution in [0.2, 0.25) is 0 Å². The quantitative estimate of drug-likeness (QED) is 0.510. The Labute approximate surface area is 180 Å². The van der Waals surface area contributed by atoms with E-state index in [-0.39, 0.29) is 47.4 Å². The monoisotopic (exact) mass is 443 g/mol. The Morgan fingerprint density at radius 3 is 2.65 bits per heavy atom. The van der Waals surface area contributed by atoms with Crippen LogP contribution in [0, 0.1) is 10.1 Å². The minimum absolute atomic E-state index is 0.0328. The Morgan fingerprint density at radius 2 is 1.97 bits per heavy atom. The summed E-state index contributed by atoms with van der Waals surface area (Å²) in [6, 6.07) is 10.5. The Balaban J connectivity index is 1.30. The summed E-state index contributed by atoms with van der Waals surface area (Å²) in [5, 5.41) is 13.0. The van der Waals surface area contributed by atoms with Gasteiger partial charge in [0.1, 0.15) is 24.1 Å². The van der Waals surface area contributed by atoms with E-state index in [1.807, 2.05) is 12.1 Å². The molecule has 0 spiro atoms. The lowest BCUT2D eigenvalue weighted by atomic mass is 10.1. The van der Waals surface area contributed by atoms with Crippen LogP contribution in [0.1, 0.15) is 15.9 Å². The van der Waals surface area contributed by atoms with Crippen LogP contribution in [0.25, 0.3) is 0 Å². The molecule has 1 N–H and O–H groups in total. The number of hydrogen-bond donors (Lipinski definition) is 1. The molecule has 1 saturated heterocycles. The van der Waals surface area contributed by atoms with Gasteiger partial charge >= 0.3 is 0 Å². The molecule has 2 aliphatic rings. The van der Waals surface area contributed by atoms with Gasteiger partial charge in [-0.3, -0.25) is 24.5 Å². The predicted molar refractivity (Wildman–Crippen MR) is 110 cm³/mol. The molecule has 2 heterocycles. The Hall–Kier alpha value is -3.60. The van der Waals surface area contributed by atoms with Crippen molar-refractivity contribution < 1.29 is 28.8 Å². The summed E-state index contributed by atoms with van der Waals surface area (Å²) in [5.74, 6) is 0.546. The summed E-state index contributed by atoms with van der Waals surface area (Å²) >= 11 is 0.684. The Morgan fingerprint density at radius 1 is 1.19 bits per heavy atom. The third kappa shape index (κ3) is 4.61. The van der Waals surface area contributed by atoms with Gasteiger partial charge in [-0.2, -0.15) is 0 Å². The average molecular weight is 443 g/mol. The standard InChI is InChI=1S/C20H17N3O7S/c24-18-15-10-13(23(27)28)3-6-17(15)30-11-22(18)7-8-29-14-4-1-12(2-5-14)9-16-19(25)31-20(26)21-16/h1-6,10,16H,7-9,11H2,(H,21,26). The number of nitro benzene ring substituents is 1. The minimum atomic E-state index is -0.561. The number of nitro groups is 1. The maximum absolute atomic E-state index is 12.6. The molecule has 1 atom stereocenters. The van der Waals surface area contributed by atoms with Gasteiger partial charge in [0.2, 0.25) is 5.12 Å². The predicted octanol–water partition coefficient (Wildman–Crippen LogP) is 2.36. The van der Waals surface area contributed by atoms with Crippen molar-refractivity contribution in [2.45, 2.75) is 12.5 Å². The molecule has 2 aromatic carbocycles. The van der Waals surface area contributed by atoms with Gasteiger partial charge in [0, 0.05) is 30.3 Å². The first-order valence-corrected chi connectivity index (χ1v) is 10.2. The summed E-state index contributed by atoms with van der Waals surface area (Å²) in [6.07, 6.45) is 0.406. The number of carbonyl (C=O) groups is 3. The van der Waals surface area contributed by atoms with Crippen molar-refractivity contribution in [1.82, 2.24) is 10.2 Å². The van der Waals surface area contributed by atoms with Crippen LogP contribution in [0.3, 0.4) is 0 Å². The minimum Gasteiger partial charge on any atom is -0.492 e. The number of thioether (sulfide) groups is 1. The number of nitrogens with zero attached hydrogens (tertiary/aromatic N) is 2. The highest BCUT2D eigenvalue weighted by Crippen LogP contribution is 2.28. The van der Waals surface area contributed by atoms with Gasteiger partial charge in [-0.15, -0.1) is 0 Å². The van der Waals surface area contributed by atoms with Crippen LogP contribution in [0.4, 0.5) is 10.5 Å². The fourth-order valence-electron chi connectivity index (χ4n) is 3.23. The summed E-state index contributed by atoms with van der Waals surface area (Å²) < 4.78 is 11.2. The number of ether oxygens (including phenoxy) is 2. The summed E-state index contributed by atoms with van der Waals surface area (Å²) in [4.78, 5) is 47.3. The molecule has 0 radical (unpaired) electrons. The fourth-order valence-corrected chi connectivity index (χ4v) is 3.89. The summed E-state index contributed by atoms with van der Waals surface area (Å²) in [6.45, 7) is 0.472. The molecule has 0 aromatic heterocycles. The van der Waals surface area contributed by atoms with Crippen molar-refractivity contribution in [3.8, 4) is 11.5 Å². The number of carbonyl (C=O) groups excluding carboxylic acids is 3. The van der Waals surface area contributed by atoms with E-state index in [1.165, 1.54) is 23.1 Å². The van der Waals surface area contributed by atoms with Gasteiger partial charge in [-0.1, -0.05) is 12.1 Å². The van der Waals surface area contributed by atoms with Gasteiger partial charge in [-0.25, -0.2) is 0 Å². The third-order valence-corrected chi connectivity index (χ3v) is 5.62. The van der Waals surface area contributed by atoms with Gasteiger partial charge in [0.15, 0.2) is 6.73 Å². The fraction of sp³-hybridized carbons (Fsp3) is 0.250. The molecule has 0 bridgehead atoms. The zero-order chi connectivity index (χ0) is 22.0. The highest BCUT2D eigenvalue weighted by atomic mass is 32.2. The van der Waals surface area contributed by atoms with Crippen LogP contribution in [0.5, 0.6) is 11.5 Å². The zero-order valence-electron chi connectivity index (χ0n) is 16.1. The smallest absolute Gasteiger partial charge is 0.287 e. The molecular formula is C20H17N3O7S. The molecular weight excluding hydrogens is 426 g/mol.